The largest absolute Gasteiger partial charge is 0.210 e. The van der Waals surface area contributed by atoms with Gasteiger partial charge in [-0.2, -0.15) is 0 Å². The van der Waals surface area contributed by atoms with Crippen LogP contribution in [-0.4, -0.2) is 32.3 Å². The Balaban J connectivity index is 7.78. The van der Waals surface area contributed by atoms with Gasteiger partial charge in [-0.25, -0.2) is 0 Å². The van der Waals surface area contributed by atoms with E-state index in [0.717, 1.165) is 0 Å². The molecule has 0 amide bonds. The van der Waals surface area contributed by atoms with Gasteiger partial charge >= 0.3 is 0 Å². The SMILES string of the molecule is CC[Si](C#CC(C#C[Si](CC)(CC)CC)(C#C[Si](CC)(CC)CC)C#C[Si](CC)(CC)CC)(CC)CC. The van der Waals surface area contributed by atoms with Gasteiger partial charge in [0.25, 0.3) is 0 Å². The van der Waals surface area contributed by atoms with E-state index in [1.54, 1.807) is 0 Å². The molecule has 0 spiro atoms. The summed E-state index contributed by atoms with van der Waals surface area (Å²) in [6, 6.07) is 14.4. The Morgan fingerprint density at radius 1 is 0.297 bits per heavy atom. The zero-order chi connectivity index (χ0) is 28.6. The molecule has 0 N–H and O–H groups in total. The Morgan fingerprint density at radius 3 is 0.541 bits per heavy atom. The Kier molecular flexibility index (Phi) is 16.5. The van der Waals surface area contributed by atoms with E-state index >= 15 is 0 Å². The van der Waals surface area contributed by atoms with Crippen molar-refractivity contribution in [3.63, 3.8) is 0 Å². The molecule has 0 atom stereocenters. The second kappa shape index (κ2) is 16.9. The third-order valence-corrected chi connectivity index (χ3v) is 29.0. The molecule has 0 aromatic carbocycles. The van der Waals surface area contributed by atoms with E-state index in [2.05, 4.69) is 129 Å². The highest BCUT2D eigenvalue weighted by atomic mass is 28.3. The molecule has 0 saturated carbocycles. The van der Waals surface area contributed by atoms with Crippen molar-refractivity contribution in [2.24, 2.45) is 5.41 Å². The summed E-state index contributed by atoms with van der Waals surface area (Å²) in [6.45, 7) is 28.1. The molecule has 4 heteroatoms. The van der Waals surface area contributed by atoms with Crippen molar-refractivity contribution >= 4 is 32.3 Å². The van der Waals surface area contributed by atoms with Crippen molar-refractivity contribution in [1.29, 1.82) is 0 Å². The molecule has 208 valence electrons. The van der Waals surface area contributed by atoms with Crippen molar-refractivity contribution in [2.45, 2.75) is 156 Å². The lowest BCUT2D eigenvalue weighted by Crippen LogP contribution is -2.33. The zero-order valence-electron chi connectivity index (χ0n) is 27.0. The lowest BCUT2D eigenvalue weighted by molar-refractivity contribution is 0.986. The first-order valence-electron chi connectivity index (χ1n) is 15.7. The monoisotopic (exact) mass is 568 g/mol. The van der Waals surface area contributed by atoms with Crippen LogP contribution in [0.1, 0.15) is 83.1 Å². The Bertz CT molecular complexity index is 725. The van der Waals surface area contributed by atoms with Crippen LogP contribution in [0.15, 0.2) is 0 Å². The van der Waals surface area contributed by atoms with Gasteiger partial charge in [0, 0.05) is 0 Å². The molecule has 0 saturated heterocycles. The molecule has 37 heavy (non-hydrogen) atoms. The number of hydrogen-bond donors (Lipinski definition) is 0. The molecule has 0 aliphatic heterocycles. The molecule has 0 nitrogen and oxygen atoms in total. The lowest BCUT2D eigenvalue weighted by atomic mass is 9.93. The van der Waals surface area contributed by atoms with Gasteiger partial charge in [-0.1, -0.05) is 107 Å². The molecule has 0 aromatic heterocycles. The summed E-state index contributed by atoms with van der Waals surface area (Å²) in [5, 5.41) is 0. The average Bonchev–Trinajstić information content (AvgIpc) is 2.97. The lowest BCUT2D eigenvalue weighted by Gasteiger charge is -2.25. The van der Waals surface area contributed by atoms with Crippen LogP contribution >= 0.6 is 0 Å². The van der Waals surface area contributed by atoms with E-state index in [4.69, 9.17) is 0 Å². The molecule has 0 aliphatic rings. The second-order valence-electron chi connectivity index (χ2n) is 11.1. The Hall–Kier alpha value is -0.892. The van der Waals surface area contributed by atoms with Gasteiger partial charge in [0.2, 0.25) is 5.41 Å². The van der Waals surface area contributed by atoms with Gasteiger partial charge in [-0.15, -0.1) is 22.2 Å². The van der Waals surface area contributed by atoms with Gasteiger partial charge < -0.3 is 0 Å². The summed E-state index contributed by atoms with van der Waals surface area (Å²) in [7, 11) is -6.63. The van der Waals surface area contributed by atoms with Crippen molar-refractivity contribution in [1.82, 2.24) is 0 Å². The zero-order valence-corrected chi connectivity index (χ0v) is 31.0. The highest BCUT2D eigenvalue weighted by Crippen LogP contribution is 2.26. The summed E-state index contributed by atoms with van der Waals surface area (Å²) < 4.78 is 0. The summed E-state index contributed by atoms with van der Waals surface area (Å²) in [6.07, 6.45) is 0. The maximum atomic E-state index is 3.92. The van der Waals surface area contributed by atoms with Crippen molar-refractivity contribution in [3.8, 4) is 45.9 Å². The number of hydrogen-bond acceptors (Lipinski definition) is 0. The molecular formula is C33H60Si4. The van der Waals surface area contributed by atoms with Crippen LogP contribution in [0, 0.1) is 51.3 Å². The molecule has 0 radical (unpaired) electrons. The molecule has 0 heterocycles. The molecular weight excluding hydrogens is 509 g/mol. The summed E-state index contributed by atoms with van der Waals surface area (Å²) in [5.41, 5.74) is 14.9. The van der Waals surface area contributed by atoms with Gasteiger partial charge in [0.15, 0.2) is 0 Å². The van der Waals surface area contributed by atoms with Gasteiger partial charge in [-0.05, 0) is 72.5 Å². The van der Waals surface area contributed by atoms with Gasteiger partial charge in [0.05, 0.1) is 0 Å². The average molecular weight is 569 g/mol. The first-order valence-corrected chi connectivity index (χ1v) is 26.2. The van der Waals surface area contributed by atoms with Crippen molar-refractivity contribution < 1.29 is 0 Å². The first-order chi connectivity index (χ1) is 17.6. The minimum atomic E-state index is -1.66. The summed E-state index contributed by atoms with van der Waals surface area (Å²) in [5.74, 6) is 15.3. The van der Waals surface area contributed by atoms with Crippen LogP contribution in [0.25, 0.3) is 0 Å². The highest BCUT2D eigenvalue weighted by Gasteiger charge is 2.32. The van der Waals surface area contributed by atoms with E-state index in [-0.39, 0.29) is 0 Å². The normalized spacial score (nSPS) is 12.2. The smallest absolute Gasteiger partial charge is 0.128 e. The third kappa shape index (κ3) is 9.66. The molecule has 0 unspecified atom stereocenters. The maximum absolute atomic E-state index is 3.92. The van der Waals surface area contributed by atoms with Gasteiger partial charge in [0.1, 0.15) is 32.3 Å². The van der Waals surface area contributed by atoms with Crippen LogP contribution in [0.3, 0.4) is 0 Å². The highest BCUT2D eigenvalue weighted by molar-refractivity contribution is 6.88. The predicted octanol–water partition coefficient (Wildman–Crippen LogP) is 10.2. The third-order valence-electron chi connectivity index (χ3n) is 10.2. The van der Waals surface area contributed by atoms with Crippen LogP contribution in [-0.2, 0) is 0 Å². The fraction of sp³-hybridized carbons (Fsp3) is 0.758. The van der Waals surface area contributed by atoms with Crippen LogP contribution < -0.4 is 0 Å². The van der Waals surface area contributed by atoms with E-state index in [1.807, 2.05) is 0 Å². The van der Waals surface area contributed by atoms with Crippen LogP contribution in [0.2, 0.25) is 72.5 Å². The van der Waals surface area contributed by atoms with E-state index in [1.165, 1.54) is 72.5 Å². The maximum Gasteiger partial charge on any atom is 0.210 e. The van der Waals surface area contributed by atoms with Crippen molar-refractivity contribution in [3.05, 3.63) is 0 Å². The topological polar surface area (TPSA) is 0 Å². The fourth-order valence-corrected chi connectivity index (χ4v) is 15.1. The van der Waals surface area contributed by atoms with E-state index in [0.29, 0.717) is 0 Å². The van der Waals surface area contributed by atoms with Gasteiger partial charge in [-0.3, -0.25) is 0 Å². The Morgan fingerprint density at radius 2 is 0.432 bits per heavy atom. The standard InChI is InChI=1S/C33H60Si4/c1-13-34(14-2,15-3)29-25-33(26-30-35(16-4,17-5)18-6,27-31-36(19-7,20-8)21-9)28-32-37(22-10,23-11)24-12/h13-24H2,1-12H3. The predicted molar refractivity (Wildman–Crippen MR) is 182 cm³/mol. The number of rotatable bonds is 12. The quantitative estimate of drug-likeness (QED) is 0.162. The summed E-state index contributed by atoms with van der Waals surface area (Å²) >= 11 is 0. The second-order valence-corrected chi connectivity index (χ2v) is 30.8. The minimum Gasteiger partial charge on any atom is -0.128 e. The van der Waals surface area contributed by atoms with Crippen molar-refractivity contribution in [2.75, 3.05) is 0 Å². The van der Waals surface area contributed by atoms with E-state index < -0.39 is 37.7 Å². The molecule has 0 aliphatic carbocycles. The molecule has 0 fully saturated rings. The fourth-order valence-electron chi connectivity index (χ4n) is 5.15. The summed E-state index contributed by atoms with van der Waals surface area (Å²) in [4.78, 5) is 0. The Labute approximate surface area is 238 Å². The molecule has 0 rings (SSSR count). The molecule has 0 aromatic rings. The van der Waals surface area contributed by atoms with E-state index in [9.17, 15) is 0 Å². The van der Waals surface area contributed by atoms with Crippen LogP contribution in [0.4, 0.5) is 0 Å². The van der Waals surface area contributed by atoms with Crippen LogP contribution in [0.5, 0.6) is 0 Å². The first kappa shape index (κ1) is 36.1. The molecule has 0 bridgehead atoms. The minimum absolute atomic E-state index is 0.787.